The summed E-state index contributed by atoms with van der Waals surface area (Å²) in [4.78, 5) is 0.268. The van der Waals surface area contributed by atoms with E-state index in [9.17, 15) is 8.42 Å². The zero-order chi connectivity index (χ0) is 13.2. The van der Waals surface area contributed by atoms with Crippen molar-refractivity contribution < 1.29 is 8.42 Å². The molecule has 1 N–H and O–H groups in total. The Kier molecular flexibility index (Phi) is 4.21. The van der Waals surface area contributed by atoms with Crippen molar-refractivity contribution in [2.45, 2.75) is 18.4 Å². The van der Waals surface area contributed by atoms with Gasteiger partial charge >= 0.3 is 0 Å². The van der Waals surface area contributed by atoms with Gasteiger partial charge in [0.15, 0.2) is 0 Å². The van der Waals surface area contributed by atoms with E-state index in [1.54, 1.807) is 35.6 Å². The fraction of sp³-hybridized carbons (Fsp3) is 0.167. The molecule has 0 aliphatic rings. The molecule has 0 saturated carbocycles. The summed E-state index contributed by atoms with van der Waals surface area (Å²) in [5.41, 5.74) is 2.12. The van der Waals surface area contributed by atoms with Crippen LogP contribution < -0.4 is 4.72 Å². The van der Waals surface area contributed by atoms with Crippen LogP contribution in [-0.4, -0.2) is 8.42 Å². The molecular formula is C12H12BrNO2S2. The predicted octanol–water partition coefficient (Wildman–Crippen LogP) is 3.30. The second kappa shape index (κ2) is 5.52. The number of rotatable bonds is 4. The third-order valence-corrected chi connectivity index (χ3v) is 5.32. The van der Waals surface area contributed by atoms with E-state index in [2.05, 4.69) is 20.7 Å². The van der Waals surface area contributed by atoms with Crippen LogP contribution in [0.2, 0.25) is 0 Å². The van der Waals surface area contributed by atoms with Crippen molar-refractivity contribution in [3.05, 3.63) is 50.6 Å². The summed E-state index contributed by atoms with van der Waals surface area (Å²) in [7, 11) is -3.45. The Morgan fingerprint density at radius 2 is 2.11 bits per heavy atom. The number of nitrogens with one attached hydrogen (secondary N) is 1. The van der Waals surface area contributed by atoms with Gasteiger partial charge in [0.25, 0.3) is 0 Å². The van der Waals surface area contributed by atoms with Gasteiger partial charge in [0.05, 0.1) is 4.90 Å². The maximum Gasteiger partial charge on any atom is 0.240 e. The summed E-state index contributed by atoms with van der Waals surface area (Å²) in [6.45, 7) is 2.30. The van der Waals surface area contributed by atoms with Gasteiger partial charge in [-0.05, 0) is 47.0 Å². The molecule has 0 bridgehead atoms. The topological polar surface area (TPSA) is 46.2 Å². The van der Waals surface area contributed by atoms with Crippen molar-refractivity contribution in [1.29, 1.82) is 0 Å². The fourth-order valence-electron chi connectivity index (χ4n) is 1.46. The Morgan fingerprint density at radius 3 is 2.72 bits per heavy atom. The highest BCUT2D eigenvalue weighted by molar-refractivity contribution is 9.10. The average molecular weight is 346 g/mol. The van der Waals surface area contributed by atoms with Gasteiger partial charge in [0, 0.05) is 11.0 Å². The molecule has 0 saturated heterocycles. The summed E-state index contributed by atoms with van der Waals surface area (Å²) in [6, 6.07) is 6.66. The summed E-state index contributed by atoms with van der Waals surface area (Å²) >= 11 is 4.84. The van der Waals surface area contributed by atoms with Crippen molar-refractivity contribution in [1.82, 2.24) is 4.72 Å². The quantitative estimate of drug-likeness (QED) is 0.923. The monoisotopic (exact) mass is 345 g/mol. The second-order valence-electron chi connectivity index (χ2n) is 3.86. The van der Waals surface area contributed by atoms with Gasteiger partial charge in [-0.1, -0.05) is 22.0 Å². The highest BCUT2D eigenvalue weighted by atomic mass is 79.9. The van der Waals surface area contributed by atoms with E-state index < -0.39 is 10.0 Å². The van der Waals surface area contributed by atoms with Crippen molar-refractivity contribution in [2.24, 2.45) is 0 Å². The first-order chi connectivity index (χ1) is 8.49. The van der Waals surface area contributed by atoms with E-state index >= 15 is 0 Å². The molecule has 18 heavy (non-hydrogen) atoms. The minimum atomic E-state index is -3.45. The number of hydrogen-bond acceptors (Lipinski definition) is 3. The number of thiophene rings is 1. The Balaban J connectivity index is 2.16. The molecule has 0 aliphatic carbocycles. The third kappa shape index (κ3) is 3.20. The zero-order valence-electron chi connectivity index (χ0n) is 9.68. The molecular weight excluding hydrogens is 334 g/mol. The van der Waals surface area contributed by atoms with Crippen molar-refractivity contribution in [2.75, 3.05) is 0 Å². The summed E-state index contributed by atoms with van der Waals surface area (Å²) in [6.07, 6.45) is 0. The van der Waals surface area contributed by atoms with Crippen LogP contribution in [0.3, 0.4) is 0 Å². The lowest BCUT2D eigenvalue weighted by atomic mass is 10.2. The lowest BCUT2D eigenvalue weighted by Crippen LogP contribution is -2.23. The molecule has 2 aromatic rings. The van der Waals surface area contributed by atoms with Crippen LogP contribution >= 0.6 is 27.3 Å². The van der Waals surface area contributed by atoms with Gasteiger partial charge < -0.3 is 0 Å². The second-order valence-corrected chi connectivity index (χ2v) is 7.29. The molecule has 0 aliphatic heterocycles. The van der Waals surface area contributed by atoms with Crippen molar-refractivity contribution >= 4 is 37.3 Å². The van der Waals surface area contributed by atoms with Crippen LogP contribution in [-0.2, 0) is 16.6 Å². The highest BCUT2D eigenvalue weighted by Crippen LogP contribution is 2.17. The molecule has 6 heteroatoms. The van der Waals surface area contributed by atoms with Gasteiger partial charge in [0.1, 0.15) is 0 Å². The molecule has 1 heterocycles. The Morgan fingerprint density at radius 1 is 1.33 bits per heavy atom. The molecule has 0 radical (unpaired) electrons. The molecule has 1 aromatic heterocycles. The molecule has 0 atom stereocenters. The van der Waals surface area contributed by atoms with E-state index in [1.165, 1.54) is 0 Å². The number of benzene rings is 1. The van der Waals surface area contributed by atoms with Gasteiger partial charge in [-0.2, -0.15) is 11.3 Å². The Hall–Kier alpha value is -0.690. The molecule has 2 rings (SSSR count). The van der Waals surface area contributed by atoms with E-state index in [0.29, 0.717) is 6.54 Å². The van der Waals surface area contributed by atoms with Crippen LogP contribution in [0.4, 0.5) is 0 Å². The van der Waals surface area contributed by atoms with Crippen molar-refractivity contribution in [3.8, 4) is 0 Å². The van der Waals surface area contributed by atoms with E-state index in [-0.39, 0.29) is 4.90 Å². The smallest absolute Gasteiger partial charge is 0.207 e. The Labute approximate surface area is 119 Å². The number of hydrogen-bond donors (Lipinski definition) is 1. The van der Waals surface area contributed by atoms with Crippen LogP contribution in [0, 0.1) is 6.92 Å². The van der Waals surface area contributed by atoms with Gasteiger partial charge in [-0.15, -0.1) is 0 Å². The maximum absolute atomic E-state index is 12.1. The Bertz CT molecular complexity index is 650. The number of sulfonamides is 1. The van der Waals surface area contributed by atoms with E-state index in [4.69, 9.17) is 0 Å². The number of aryl methyl sites for hydroxylation is 1. The first-order valence-corrected chi connectivity index (χ1v) is 8.48. The minimum Gasteiger partial charge on any atom is -0.207 e. The third-order valence-electron chi connectivity index (χ3n) is 2.52. The lowest BCUT2D eigenvalue weighted by molar-refractivity contribution is 0.581. The summed E-state index contributed by atoms with van der Waals surface area (Å²) in [5.74, 6) is 0. The predicted molar refractivity (Wildman–Crippen MR) is 77.2 cm³/mol. The van der Waals surface area contributed by atoms with Gasteiger partial charge in [0.2, 0.25) is 10.0 Å². The SMILES string of the molecule is Cc1cscc1CNS(=O)(=O)c1cccc(Br)c1. The normalized spacial score (nSPS) is 11.7. The van der Waals surface area contributed by atoms with Crippen LogP contribution in [0.25, 0.3) is 0 Å². The van der Waals surface area contributed by atoms with Gasteiger partial charge in [-0.3, -0.25) is 0 Å². The largest absolute Gasteiger partial charge is 0.240 e. The first-order valence-electron chi connectivity index (χ1n) is 5.26. The van der Waals surface area contributed by atoms with Crippen LogP contribution in [0.15, 0.2) is 44.4 Å². The fourth-order valence-corrected chi connectivity index (χ4v) is 3.92. The molecule has 0 unspecified atom stereocenters. The lowest BCUT2D eigenvalue weighted by Gasteiger charge is -2.06. The molecule has 0 spiro atoms. The first kappa shape index (κ1) is 13.7. The summed E-state index contributed by atoms with van der Waals surface area (Å²) in [5, 5.41) is 3.96. The van der Waals surface area contributed by atoms with Crippen LogP contribution in [0.1, 0.15) is 11.1 Å². The van der Waals surface area contributed by atoms with E-state index in [0.717, 1.165) is 15.6 Å². The molecule has 3 nitrogen and oxygen atoms in total. The zero-order valence-corrected chi connectivity index (χ0v) is 12.9. The summed E-state index contributed by atoms with van der Waals surface area (Å²) < 4.78 is 27.5. The molecule has 0 amide bonds. The van der Waals surface area contributed by atoms with Gasteiger partial charge in [-0.25, -0.2) is 13.1 Å². The highest BCUT2D eigenvalue weighted by Gasteiger charge is 2.14. The standard InChI is InChI=1S/C12H12BrNO2S2/c1-9-7-17-8-10(9)6-14-18(15,16)12-4-2-3-11(13)5-12/h2-5,7-8,14H,6H2,1H3. The molecule has 0 fully saturated rings. The van der Waals surface area contributed by atoms with E-state index in [1.807, 2.05) is 17.7 Å². The molecule has 1 aromatic carbocycles. The maximum atomic E-state index is 12.1. The average Bonchev–Trinajstić information content (AvgIpc) is 2.72. The minimum absolute atomic E-state index is 0.268. The van der Waals surface area contributed by atoms with Crippen molar-refractivity contribution in [3.63, 3.8) is 0 Å². The molecule has 96 valence electrons. The number of halogens is 1. The van der Waals surface area contributed by atoms with Crippen LogP contribution in [0.5, 0.6) is 0 Å².